The molecule has 1 saturated heterocycles. The van der Waals surface area contributed by atoms with Crippen LogP contribution in [0.5, 0.6) is 0 Å². The third-order valence-corrected chi connectivity index (χ3v) is 3.42. The molecule has 2 rings (SSSR count). The first kappa shape index (κ1) is 14.1. The van der Waals surface area contributed by atoms with Crippen LogP contribution in [0, 0.1) is 5.41 Å². The maximum absolute atomic E-state index is 12.5. The zero-order valence-electron chi connectivity index (χ0n) is 10.8. The van der Waals surface area contributed by atoms with Crippen LogP contribution in [0.2, 0.25) is 0 Å². The molecule has 2 N–H and O–H groups in total. The second kappa shape index (κ2) is 5.36. The first-order valence-electron chi connectivity index (χ1n) is 6.38. The van der Waals surface area contributed by atoms with Crippen LogP contribution in [-0.2, 0) is 6.18 Å². The number of rotatable bonds is 3. The molecule has 1 aromatic heterocycles. The number of hydrogen-bond acceptors (Lipinski definition) is 3. The molecule has 1 fully saturated rings. The quantitative estimate of drug-likeness (QED) is 0.889. The molecule has 19 heavy (non-hydrogen) atoms. The van der Waals surface area contributed by atoms with Gasteiger partial charge in [-0.15, -0.1) is 0 Å². The van der Waals surface area contributed by atoms with E-state index < -0.39 is 11.9 Å². The van der Waals surface area contributed by atoms with Gasteiger partial charge in [0.05, 0.1) is 0 Å². The fourth-order valence-corrected chi connectivity index (χ4v) is 2.26. The number of piperidine rings is 1. The van der Waals surface area contributed by atoms with Crippen LogP contribution >= 0.6 is 0 Å². The SMILES string of the molecule is CC1(CNc2cccc(C(F)(F)F)n2)CCCNC1. The van der Waals surface area contributed by atoms with Crippen molar-refractivity contribution in [2.75, 3.05) is 25.0 Å². The number of hydrogen-bond donors (Lipinski definition) is 2. The molecular formula is C13H18F3N3. The minimum Gasteiger partial charge on any atom is -0.369 e. The van der Waals surface area contributed by atoms with Crippen molar-refractivity contribution >= 4 is 5.82 Å². The number of nitrogens with one attached hydrogen (secondary N) is 2. The van der Waals surface area contributed by atoms with Gasteiger partial charge < -0.3 is 10.6 Å². The van der Waals surface area contributed by atoms with E-state index in [2.05, 4.69) is 22.5 Å². The standard InChI is InChI=1S/C13H18F3N3/c1-12(6-3-7-17-8-12)9-18-11-5-2-4-10(19-11)13(14,15)16/h2,4-5,17H,3,6-9H2,1H3,(H,18,19). The van der Waals surface area contributed by atoms with Gasteiger partial charge in [0.1, 0.15) is 11.5 Å². The predicted octanol–water partition coefficient (Wildman–Crippen LogP) is 2.90. The molecule has 0 spiro atoms. The summed E-state index contributed by atoms with van der Waals surface area (Å²) in [5.74, 6) is 0.279. The van der Waals surface area contributed by atoms with Crippen LogP contribution in [0.15, 0.2) is 18.2 Å². The predicted molar refractivity (Wildman–Crippen MR) is 67.9 cm³/mol. The summed E-state index contributed by atoms with van der Waals surface area (Å²) in [5, 5.41) is 6.32. The van der Waals surface area contributed by atoms with Crippen LogP contribution in [-0.4, -0.2) is 24.6 Å². The molecule has 0 aliphatic carbocycles. The minimum atomic E-state index is -4.39. The normalized spacial score (nSPS) is 24.2. The van der Waals surface area contributed by atoms with Crippen molar-refractivity contribution in [3.63, 3.8) is 0 Å². The fraction of sp³-hybridized carbons (Fsp3) is 0.615. The van der Waals surface area contributed by atoms with Crippen LogP contribution < -0.4 is 10.6 Å². The lowest BCUT2D eigenvalue weighted by atomic mass is 9.83. The second-order valence-corrected chi connectivity index (χ2v) is 5.35. The number of anilines is 1. The average Bonchev–Trinajstić information content (AvgIpc) is 2.37. The first-order valence-corrected chi connectivity index (χ1v) is 6.38. The Morgan fingerprint density at radius 1 is 1.42 bits per heavy atom. The largest absolute Gasteiger partial charge is 0.433 e. The summed E-state index contributed by atoms with van der Waals surface area (Å²) in [5.41, 5.74) is -0.793. The lowest BCUT2D eigenvalue weighted by molar-refractivity contribution is -0.141. The molecule has 0 amide bonds. The van der Waals surface area contributed by atoms with E-state index in [4.69, 9.17) is 0 Å². The number of halogens is 3. The smallest absolute Gasteiger partial charge is 0.369 e. The van der Waals surface area contributed by atoms with Crippen LogP contribution in [0.3, 0.4) is 0 Å². The molecule has 1 aliphatic rings. The van der Waals surface area contributed by atoms with Gasteiger partial charge in [-0.1, -0.05) is 13.0 Å². The van der Waals surface area contributed by atoms with Crippen molar-refractivity contribution in [3.05, 3.63) is 23.9 Å². The summed E-state index contributed by atoms with van der Waals surface area (Å²) in [7, 11) is 0. The number of pyridine rings is 1. The molecule has 0 aromatic carbocycles. The van der Waals surface area contributed by atoms with Crippen LogP contribution in [0.25, 0.3) is 0 Å². The van der Waals surface area contributed by atoms with Crippen molar-refractivity contribution < 1.29 is 13.2 Å². The van der Waals surface area contributed by atoms with Gasteiger partial charge in [-0.2, -0.15) is 13.2 Å². The van der Waals surface area contributed by atoms with E-state index in [1.165, 1.54) is 6.07 Å². The topological polar surface area (TPSA) is 37.0 Å². The number of nitrogens with zero attached hydrogens (tertiary/aromatic N) is 1. The molecule has 1 atom stereocenters. The lowest BCUT2D eigenvalue weighted by Gasteiger charge is -2.34. The molecule has 1 aliphatic heterocycles. The Balaban J connectivity index is 1.99. The van der Waals surface area contributed by atoms with Gasteiger partial charge in [0.15, 0.2) is 0 Å². The van der Waals surface area contributed by atoms with Crippen LogP contribution in [0.1, 0.15) is 25.5 Å². The summed E-state index contributed by atoms with van der Waals surface area (Å²) in [6.07, 6.45) is -2.24. The average molecular weight is 273 g/mol. The molecule has 1 unspecified atom stereocenters. The highest BCUT2D eigenvalue weighted by Crippen LogP contribution is 2.29. The zero-order chi connectivity index (χ0) is 13.9. The highest BCUT2D eigenvalue weighted by atomic mass is 19.4. The van der Waals surface area contributed by atoms with Crippen molar-refractivity contribution in [1.29, 1.82) is 0 Å². The van der Waals surface area contributed by atoms with Crippen molar-refractivity contribution in [2.45, 2.75) is 25.9 Å². The number of alkyl halides is 3. The Morgan fingerprint density at radius 2 is 2.21 bits per heavy atom. The molecule has 106 valence electrons. The van der Waals surface area contributed by atoms with E-state index in [-0.39, 0.29) is 11.2 Å². The van der Waals surface area contributed by atoms with Gasteiger partial charge in [0.2, 0.25) is 0 Å². The lowest BCUT2D eigenvalue weighted by Crippen LogP contribution is -2.42. The van der Waals surface area contributed by atoms with Gasteiger partial charge in [-0.3, -0.25) is 0 Å². The van der Waals surface area contributed by atoms with Gasteiger partial charge in [0, 0.05) is 13.1 Å². The summed E-state index contributed by atoms with van der Waals surface area (Å²) in [6, 6.07) is 3.92. The van der Waals surface area contributed by atoms with E-state index in [0.717, 1.165) is 32.0 Å². The van der Waals surface area contributed by atoms with E-state index in [1.54, 1.807) is 6.07 Å². The van der Waals surface area contributed by atoms with E-state index in [0.29, 0.717) is 6.54 Å². The summed E-state index contributed by atoms with van der Waals surface area (Å²) in [6.45, 7) is 4.63. The third-order valence-electron chi connectivity index (χ3n) is 3.42. The third kappa shape index (κ3) is 3.83. The second-order valence-electron chi connectivity index (χ2n) is 5.35. The fourth-order valence-electron chi connectivity index (χ4n) is 2.26. The molecule has 0 saturated carbocycles. The summed E-state index contributed by atoms with van der Waals surface area (Å²) >= 11 is 0. The Bertz CT molecular complexity index is 425. The summed E-state index contributed by atoms with van der Waals surface area (Å²) in [4.78, 5) is 3.60. The maximum atomic E-state index is 12.5. The molecule has 6 heteroatoms. The maximum Gasteiger partial charge on any atom is 0.433 e. The van der Waals surface area contributed by atoms with Gasteiger partial charge in [0.25, 0.3) is 0 Å². The molecule has 1 aromatic rings. The first-order chi connectivity index (χ1) is 8.89. The van der Waals surface area contributed by atoms with Gasteiger partial charge in [-0.05, 0) is 36.9 Å². The molecule has 3 nitrogen and oxygen atoms in total. The molecule has 0 radical (unpaired) electrons. The monoisotopic (exact) mass is 273 g/mol. The van der Waals surface area contributed by atoms with E-state index >= 15 is 0 Å². The van der Waals surface area contributed by atoms with E-state index in [9.17, 15) is 13.2 Å². The zero-order valence-corrected chi connectivity index (χ0v) is 10.8. The van der Waals surface area contributed by atoms with Gasteiger partial charge in [-0.25, -0.2) is 4.98 Å². The Morgan fingerprint density at radius 3 is 2.84 bits per heavy atom. The molecule has 0 bridgehead atoms. The molecular weight excluding hydrogens is 255 g/mol. The highest BCUT2D eigenvalue weighted by molar-refractivity contribution is 5.36. The van der Waals surface area contributed by atoms with Crippen molar-refractivity contribution in [3.8, 4) is 0 Å². The summed E-state index contributed by atoms with van der Waals surface area (Å²) < 4.78 is 37.6. The van der Waals surface area contributed by atoms with Crippen LogP contribution in [0.4, 0.5) is 19.0 Å². The number of aromatic nitrogens is 1. The highest BCUT2D eigenvalue weighted by Gasteiger charge is 2.32. The van der Waals surface area contributed by atoms with E-state index in [1.807, 2.05) is 0 Å². The van der Waals surface area contributed by atoms with Gasteiger partial charge >= 0.3 is 6.18 Å². The van der Waals surface area contributed by atoms with Crippen molar-refractivity contribution in [2.24, 2.45) is 5.41 Å². The Hall–Kier alpha value is -1.30. The molecule has 2 heterocycles. The Kier molecular flexibility index (Phi) is 3.99. The van der Waals surface area contributed by atoms with Crippen molar-refractivity contribution in [1.82, 2.24) is 10.3 Å². The Labute approximate surface area is 110 Å². The minimum absolute atomic E-state index is 0.0637.